The summed E-state index contributed by atoms with van der Waals surface area (Å²) in [5.41, 5.74) is 6.08. The molecule has 0 saturated carbocycles. The van der Waals surface area contributed by atoms with E-state index in [2.05, 4.69) is 10.3 Å². The van der Waals surface area contributed by atoms with Crippen molar-refractivity contribution in [3.63, 3.8) is 0 Å². The maximum atomic E-state index is 9.39. The van der Waals surface area contributed by atoms with Gasteiger partial charge in [-0.05, 0) is 12.1 Å². The van der Waals surface area contributed by atoms with Gasteiger partial charge in [-0.15, -0.1) is 24.8 Å². The third-order valence-electron chi connectivity index (χ3n) is 1.65. The lowest BCUT2D eigenvalue weighted by molar-refractivity contribution is 0.456. The van der Waals surface area contributed by atoms with Gasteiger partial charge in [-0.25, -0.2) is 4.98 Å². The number of anilines is 1. The van der Waals surface area contributed by atoms with Crippen molar-refractivity contribution in [1.29, 1.82) is 0 Å². The molecule has 1 rings (SSSR count). The van der Waals surface area contributed by atoms with E-state index in [-0.39, 0.29) is 38.0 Å². The van der Waals surface area contributed by atoms with Crippen molar-refractivity contribution in [3.05, 3.63) is 17.8 Å². The topological polar surface area (TPSA) is 71.2 Å². The highest BCUT2D eigenvalue weighted by atomic mass is 35.5. The molecule has 0 spiro atoms. The summed E-state index contributed by atoms with van der Waals surface area (Å²) in [7, 11) is 0. The van der Waals surface area contributed by atoms with Crippen LogP contribution in [-0.4, -0.2) is 16.1 Å². The molecule has 0 aliphatic rings. The fraction of sp³-hybridized carbons (Fsp3) is 0.500. The first-order valence-electron chi connectivity index (χ1n) is 4.27. The number of rotatable bonds is 3. The van der Waals surface area contributed by atoms with Crippen LogP contribution in [0.2, 0.25) is 0 Å². The highest BCUT2D eigenvalue weighted by Crippen LogP contribution is 2.15. The molecule has 0 bridgehead atoms. The average Bonchev–Trinajstić information content (AvgIpc) is 2.06. The molecule has 1 heterocycles. The third-order valence-corrected chi connectivity index (χ3v) is 1.65. The first kappa shape index (κ1) is 20.7. The number of nitrogens with two attached hydrogens (primary N) is 1. The van der Waals surface area contributed by atoms with Crippen molar-refractivity contribution in [2.45, 2.75) is 33.9 Å². The van der Waals surface area contributed by atoms with Gasteiger partial charge in [0.2, 0.25) is 0 Å². The number of nitrogens with zero attached hydrogens (tertiary/aromatic N) is 1. The minimum absolute atomic E-state index is 0. The quantitative estimate of drug-likeness (QED) is 0.788. The summed E-state index contributed by atoms with van der Waals surface area (Å²) < 4.78 is 0. The van der Waals surface area contributed by atoms with Gasteiger partial charge < -0.3 is 16.2 Å². The lowest BCUT2D eigenvalue weighted by atomic mass is 10.3. The van der Waals surface area contributed by atoms with Crippen molar-refractivity contribution < 1.29 is 5.11 Å². The highest BCUT2D eigenvalue weighted by molar-refractivity contribution is 5.85. The SMILES string of the molecule is C.CC(C)NCc1nc(N)ccc1O.Cl.Cl. The summed E-state index contributed by atoms with van der Waals surface area (Å²) in [5.74, 6) is 0.612. The summed E-state index contributed by atoms with van der Waals surface area (Å²) >= 11 is 0. The van der Waals surface area contributed by atoms with Crippen molar-refractivity contribution in [1.82, 2.24) is 10.3 Å². The standard InChI is InChI=1S/C9H15N3O.CH4.2ClH/c1-6(2)11-5-7-8(13)3-4-9(10)12-7;;;/h3-4,6,11,13H,5H2,1-2H3,(H2,10,12);1H4;2*1H. The number of aromatic nitrogens is 1. The average molecular weight is 270 g/mol. The molecule has 0 atom stereocenters. The van der Waals surface area contributed by atoms with E-state index in [0.29, 0.717) is 24.1 Å². The summed E-state index contributed by atoms with van der Waals surface area (Å²) in [5, 5.41) is 12.5. The van der Waals surface area contributed by atoms with Gasteiger partial charge in [-0.1, -0.05) is 21.3 Å². The van der Waals surface area contributed by atoms with Gasteiger partial charge in [-0.2, -0.15) is 0 Å². The summed E-state index contributed by atoms with van der Waals surface area (Å²) in [6.07, 6.45) is 0. The molecule has 4 N–H and O–H groups in total. The monoisotopic (exact) mass is 269 g/mol. The van der Waals surface area contributed by atoms with Crippen molar-refractivity contribution in [3.8, 4) is 5.75 Å². The number of nitrogens with one attached hydrogen (secondary N) is 1. The van der Waals surface area contributed by atoms with Crippen LogP contribution in [0.5, 0.6) is 5.75 Å². The number of nitrogen functional groups attached to an aromatic ring is 1. The van der Waals surface area contributed by atoms with E-state index < -0.39 is 0 Å². The fourth-order valence-electron chi connectivity index (χ4n) is 0.942. The van der Waals surface area contributed by atoms with Crippen LogP contribution in [0.25, 0.3) is 0 Å². The van der Waals surface area contributed by atoms with Gasteiger partial charge in [0.05, 0.1) is 5.69 Å². The molecule has 16 heavy (non-hydrogen) atoms. The maximum absolute atomic E-state index is 9.39. The molecule has 6 heteroatoms. The molecule has 0 unspecified atom stereocenters. The molecule has 96 valence electrons. The molecule has 1 aromatic rings. The Balaban J connectivity index is -0.000000563. The Morgan fingerprint density at radius 1 is 1.38 bits per heavy atom. The first-order valence-corrected chi connectivity index (χ1v) is 4.27. The summed E-state index contributed by atoms with van der Waals surface area (Å²) in [4.78, 5) is 4.01. The largest absolute Gasteiger partial charge is 0.506 e. The van der Waals surface area contributed by atoms with E-state index in [0.717, 1.165) is 0 Å². The van der Waals surface area contributed by atoms with E-state index in [4.69, 9.17) is 5.73 Å². The Labute approximate surface area is 109 Å². The molecule has 0 amide bonds. The second kappa shape index (κ2) is 9.51. The maximum Gasteiger partial charge on any atom is 0.138 e. The predicted molar refractivity (Wildman–Crippen MR) is 73.5 cm³/mol. The van der Waals surface area contributed by atoms with Crippen LogP contribution in [-0.2, 0) is 6.54 Å². The van der Waals surface area contributed by atoms with Gasteiger partial charge >= 0.3 is 0 Å². The molecule has 1 aromatic heterocycles. The van der Waals surface area contributed by atoms with Gasteiger partial charge in [-0.3, -0.25) is 0 Å². The number of pyridine rings is 1. The lowest BCUT2D eigenvalue weighted by Gasteiger charge is -2.08. The number of hydrogen-bond donors (Lipinski definition) is 3. The zero-order valence-corrected chi connectivity index (χ0v) is 10.4. The highest BCUT2D eigenvalue weighted by Gasteiger charge is 2.03. The second-order valence-electron chi connectivity index (χ2n) is 3.24. The summed E-state index contributed by atoms with van der Waals surface area (Å²) in [6, 6.07) is 3.50. The second-order valence-corrected chi connectivity index (χ2v) is 3.24. The van der Waals surface area contributed by atoms with Crippen LogP contribution >= 0.6 is 24.8 Å². The molecule has 0 saturated heterocycles. The minimum atomic E-state index is 0. The number of halogens is 2. The van der Waals surface area contributed by atoms with E-state index in [1.165, 1.54) is 0 Å². The molecule has 0 aromatic carbocycles. The van der Waals surface area contributed by atoms with Gasteiger partial charge in [0.25, 0.3) is 0 Å². The van der Waals surface area contributed by atoms with Crippen LogP contribution in [0.15, 0.2) is 12.1 Å². The van der Waals surface area contributed by atoms with E-state index in [9.17, 15) is 5.11 Å². The van der Waals surface area contributed by atoms with Crippen LogP contribution in [0, 0.1) is 0 Å². The van der Waals surface area contributed by atoms with Crippen LogP contribution in [0.1, 0.15) is 27.0 Å². The van der Waals surface area contributed by atoms with Gasteiger partial charge in [0.15, 0.2) is 0 Å². The number of aromatic hydroxyl groups is 1. The van der Waals surface area contributed by atoms with Gasteiger partial charge in [0.1, 0.15) is 11.6 Å². The molecule has 0 aliphatic carbocycles. The minimum Gasteiger partial charge on any atom is -0.506 e. The van der Waals surface area contributed by atoms with Gasteiger partial charge in [0, 0.05) is 12.6 Å². The Kier molecular flexibility index (Phi) is 12.3. The van der Waals surface area contributed by atoms with Crippen molar-refractivity contribution in [2.24, 2.45) is 0 Å². The molecular weight excluding hydrogens is 249 g/mol. The Morgan fingerprint density at radius 3 is 2.44 bits per heavy atom. The van der Waals surface area contributed by atoms with E-state index in [1.54, 1.807) is 12.1 Å². The smallest absolute Gasteiger partial charge is 0.138 e. The number of hydrogen-bond acceptors (Lipinski definition) is 4. The normalized spacial score (nSPS) is 8.69. The first-order chi connectivity index (χ1) is 6.09. The molecule has 4 nitrogen and oxygen atoms in total. The molecule has 0 fully saturated rings. The Hall–Kier alpha value is -0.710. The summed E-state index contributed by atoms with van der Waals surface area (Å²) in [6.45, 7) is 4.60. The van der Waals surface area contributed by atoms with Crippen molar-refractivity contribution in [2.75, 3.05) is 5.73 Å². The van der Waals surface area contributed by atoms with Crippen LogP contribution < -0.4 is 11.1 Å². The van der Waals surface area contributed by atoms with E-state index in [1.807, 2.05) is 13.8 Å². The lowest BCUT2D eigenvalue weighted by Crippen LogP contribution is -2.22. The third kappa shape index (κ3) is 6.71. The predicted octanol–water partition coefficient (Wildman–Crippen LogP) is 2.35. The molecule has 0 aliphatic heterocycles. The van der Waals surface area contributed by atoms with Crippen molar-refractivity contribution >= 4 is 30.6 Å². The molecule has 0 radical (unpaired) electrons. The zero-order chi connectivity index (χ0) is 9.84. The van der Waals surface area contributed by atoms with Crippen LogP contribution in [0.4, 0.5) is 5.82 Å². The van der Waals surface area contributed by atoms with Crippen LogP contribution in [0.3, 0.4) is 0 Å². The Bertz CT molecular complexity index is 295. The van der Waals surface area contributed by atoms with E-state index >= 15 is 0 Å². The zero-order valence-electron chi connectivity index (χ0n) is 8.73. The molecular formula is C10H21Cl2N3O. The Morgan fingerprint density at radius 2 is 1.94 bits per heavy atom. The fourth-order valence-corrected chi connectivity index (χ4v) is 0.942.